The van der Waals surface area contributed by atoms with E-state index in [1.54, 1.807) is 6.92 Å². The van der Waals surface area contributed by atoms with Crippen molar-refractivity contribution in [2.24, 2.45) is 5.92 Å². The summed E-state index contributed by atoms with van der Waals surface area (Å²) in [7, 11) is 0. The summed E-state index contributed by atoms with van der Waals surface area (Å²) >= 11 is 0. The highest BCUT2D eigenvalue weighted by atomic mass is 16.5. The van der Waals surface area contributed by atoms with E-state index in [9.17, 15) is 9.90 Å². The van der Waals surface area contributed by atoms with Crippen LogP contribution < -0.4 is 10.1 Å². The maximum atomic E-state index is 11.4. The molecule has 2 rings (SSSR count). The molecule has 6 nitrogen and oxygen atoms in total. The molecule has 0 amide bonds. The maximum Gasteiger partial charge on any atom is 0.329 e. The highest BCUT2D eigenvalue weighted by Gasteiger charge is 2.47. The minimum atomic E-state index is -0.987. The number of carboxylic acids is 1. The molecule has 0 saturated heterocycles. The number of hydrogen-bond donors (Lipinski definition) is 2. The molecule has 18 heavy (non-hydrogen) atoms. The molecule has 0 aromatic carbocycles. The molecule has 1 unspecified atom stereocenters. The second kappa shape index (κ2) is 4.80. The van der Waals surface area contributed by atoms with Crippen LogP contribution in [0.15, 0.2) is 12.4 Å². The molecule has 0 bridgehead atoms. The average Bonchev–Trinajstić information content (AvgIpc) is 3.13. The second-order valence-electron chi connectivity index (χ2n) is 4.58. The fourth-order valence-electron chi connectivity index (χ4n) is 1.88. The summed E-state index contributed by atoms with van der Waals surface area (Å²) in [6.07, 6.45) is 4.86. The van der Waals surface area contributed by atoms with E-state index in [2.05, 4.69) is 15.3 Å². The van der Waals surface area contributed by atoms with Gasteiger partial charge in [0.05, 0.1) is 19.0 Å². The van der Waals surface area contributed by atoms with Crippen LogP contribution in [0.2, 0.25) is 0 Å². The van der Waals surface area contributed by atoms with Gasteiger partial charge in [-0.05, 0) is 32.6 Å². The lowest BCUT2D eigenvalue weighted by molar-refractivity contribution is -0.142. The van der Waals surface area contributed by atoms with Gasteiger partial charge in [0.25, 0.3) is 0 Å². The molecule has 1 heterocycles. The first-order valence-electron chi connectivity index (χ1n) is 6.02. The quantitative estimate of drug-likeness (QED) is 0.797. The largest absolute Gasteiger partial charge is 0.480 e. The summed E-state index contributed by atoms with van der Waals surface area (Å²) in [5, 5.41) is 12.3. The van der Waals surface area contributed by atoms with E-state index in [1.807, 2.05) is 6.92 Å². The van der Waals surface area contributed by atoms with Gasteiger partial charge in [0.1, 0.15) is 11.4 Å². The van der Waals surface area contributed by atoms with E-state index in [4.69, 9.17) is 4.74 Å². The van der Waals surface area contributed by atoms with E-state index in [1.165, 1.54) is 12.4 Å². The zero-order chi connectivity index (χ0) is 13.2. The number of nitrogens with one attached hydrogen (secondary N) is 1. The van der Waals surface area contributed by atoms with Crippen LogP contribution in [0.1, 0.15) is 26.7 Å². The third-order valence-electron chi connectivity index (χ3n) is 3.13. The second-order valence-corrected chi connectivity index (χ2v) is 4.58. The lowest BCUT2D eigenvalue weighted by Crippen LogP contribution is -2.45. The topological polar surface area (TPSA) is 84.3 Å². The summed E-state index contributed by atoms with van der Waals surface area (Å²) < 4.78 is 5.24. The van der Waals surface area contributed by atoms with Crippen LogP contribution in [-0.4, -0.2) is 33.2 Å². The molecule has 98 valence electrons. The van der Waals surface area contributed by atoms with Crippen molar-refractivity contribution in [3.05, 3.63) is 12.4 Å². The maximum absolute atomic E-state index is 11.4. The molecule has 1 aliphatic rings. The third kappa shape index (κ3) is 2.52. The minimum Gasteiger partial charge on any atom is -0.480 e. The van der Waals surface area contributed by atoms with E-state index in [0.717, 1.165) is 12.8 Å². The summed E-state index contributed by atoms with van der Waals surface area (Å²) in [4.78, 5) is 19.5. The lowest BCUT2D eigenvalue weighted by atomic mass is 9.96. The Balaban J connectivity index is 2.16. The van der Waals surface area contributed by atoms with Crippen LogP contribution in [0, 0.1) is 5.92 Å². The van der Waals surface area contributed by atoms with Gasteiger partial charge in [-0.3, -0.25) is 4.98 Å². The highest BCUT2D eigenvalue weighted by molar-refractivity contribution is 5.82. The fraction of sp³-hybridized carbons (Fsp3) is 0.583. The van der Waals surface area contributed by atoms with Crippen molar-refractivity contribution in [2.75, 3.05) is 11.9 Å². The van der Waals surface area contributed by atoms with Crippen LogP contribution in [0.25, 0.3) is 0 Å². The highest BCUT2D eigenvalue weighted by Crippen LogP contribution is 2.41. The molecule has 1 aromatic rings. The number of aromatic nitrogens is 2. The summed E-state index contributed by atoms with van der Waals surface area (Å²) in [5.74, 6) is 0.102. The normalized spacial score (nSPS) is 17.9. The Morgan fingerprint density at radius 1 is 1.61 bits per heavy atom. The first kappa shape index (κ1) is 12.6. The number of ether oxygens (including phenoxy) is 1. The number of nitrogens with zero attached hydrogens (tertiary/aromatic N) is 2. The molecule has 1 saturated carbocycles. The number of rotatable bonds is 6. The van der Waals surface area contributed by atoms with E-state index < -0.39 is 11.5 Å². The molecular weight excluding hydrogens is 234 g/mol. The van der Waals surface area contributed by atoms with Gasteiger partial charge in [-0.15, -0.1) is 0 Å². The number of carbonyl (C=O) groups is 1. The Bertz CT molecular complexity index is 448. The van der Waals surface area contributed by atoms with Gasteiger partial charge in [0.2, 0.25) is 5.88 Å². The predicted octanol–water partition coefficient (Wildman–Crippen LogP) is 1.54. The van der Waals surface area contributed by atoms with Gasteiger partial charge < -0.3 is 15.2 Å². The van der Waals surface area contributed by atoms with Crippen LogP contribution in [-0.2, 0) is 4.79 Å². The van der Waals surface area contributed by atoms with Gasteiger partial charge >= 0.3 is 5.97 Å². The van der Waals surface area contributed by atoms with Crippen molar-refractivity contribution in [2.45, 2.75) is 32.2 Å². The first-order valence-corrected chi connectivity index (χ1v) is 6.02. The molecule has 0 spiro atoms. The smallest absolute Gasteiger partial charge is 0.329 e. The van der Waals surface area contributed by atoms with Gasteiger partial charge in [-0.2, -0.15) is 4.98 Å². The molecule has 1 aromatic heterocycles. The van der Waals surface area contributed by atoms with Crippen molar-refractivity contribution in [3.63, 3.8) is 0 Å². The Hall–Kier alpha value is -1.85. The summed E-state index contributed by atoms with van der Waals surface area (Å²) in [6.45, 7) is 4.03. The van der Waals surface area contributed by atoms with Crippen molar-refractivity contribution >= 4 is 11.8 Å². The number of aliphatic carboxylic acids is 1. The van der Waals surface area contributed by atoms with Crippen LogP contribution in [0.4, 0.5) is 5.82 Å². The number of anilines is 1. The first-order chi connectivity index (χ1) is 8.56. The third-order valence-corrected chi connectivity index (χ3v) is 3.13. The van der Waals surface area contributed by atoms with Crippen LogP contribution in [0.5, 0.6) is 5.88 Å². The monoisotopic (exact) mass is 251 g/mol. The van der Waals surface area contributed by atoms with Crippen molar-refractivity contribution in [1.29, 1.82) is 0 Å². The predicted molar refractivity (Wildman–Crippen MR) is 65.6 cm³/mol. The minimum absolute atomic E-state index is 0.146. The van der Waals surface area contributed by atoms with Gasteiger partial charge in [-0.1, -0.05) is 0 Å². The zero-order valence-corrected chi connectivity index (χ0v) is 10.5. The zero-order valence-electron chi connectivity index (χ0n) is 10.5. The summed E-state index contributed by atoms with van der Waals surface area (Å²) in [5.41, 5.74) is -0.987. The average molecular weight is 251 g/mol. The fourth-order valence-corrected chi connectivity index (χ4v) is 1.88. The molecule has 1 atom stereocenters. The van der Waals surface area contributed by atoms with E-state index >= 15 is 0 Å². The van der Waals surface area contributed by atoms with E-state index in [0.29, 0.717) is 18.3 Å². The van der Waals surface area contributed by atoms with Gasteiger partial charge in [0.15, 0.2) is 0 Å². The Kier molecular flexibility index (Phi) is 3.36. The molecular formula is C12H17N3O3. The van der Waals surface area contributed by atoms with Gasteiger partial charge in [-0.25, -0.2) is 4.79 Å². The van der Waals surface area contributed by atoms with Crippen molar-refractivity contribution in [1.82, 2.24) is 9.97 Å². The van der Waals surface area contributed by atoms with Crippen molar-refractivity contribution in [3.8, 4) is 5.88 Å². The lowest BCUT2D eigenvalue weighted by Gasteiger charge is -2.26. The standard InChI is InChI=1S/C12H17N3O3/c1-3-18-10-7-13-6-9(14-10)15-12(2,11(16)17)8-4-5-8/h6-8H,3-5H2,1-2H3,(H,14,15)(H,16,17). The van der Waals surface area contributed by atoms with E-state index in [-0.39, 0.29) is 5.92 Å². The Morgan fingerprint density at radius 3 is 2.89 bits per heavy atom. The van der Waals surface area contributed by atoms with Gasteiger partial charge in [0, 0.05) is 0 Å². The molecule has 1 fully saturated rings. The molecule has 0 radical (unpaired) electrons. The SMILES string of the molecule is CCOc1cncc(NC(C)(C(=O)O)C2CC2)n1. The molecule has 2 N–H and O–H groups in total. The number of carboxylic acid groups (broad SMARTS) is 1. The Labute approximate surface area is 105 Å². The number of hydrogen-bond acceptors (Lipinski definition) is 5. The van der Waals surface area contributed by atoms with Crippen molar-refractivity contribution < 1.29 is 14.6 Å². The molecule has 1 aliphatic carbocycles. The molecule has 6 heteroatoms. The van der Waals surface area contributed by atoms with Crippen LogP contribution >= 0.6 is 0 Å². The van der Waals surface area contributed by atoms with Crippen LogP contribution in [0.3, 0.4) is 0 Å². The summed E-state index contributed by atoms with van der Waals surface area (Å²) in [6, 6.07) is 0. The Morgan fingerprint density at radius 2 is 2.33 bits per heavy atom. The molecule has 0 aliphatic heterocycles.